The van der Waals surface area contributed by atoms with Crippen molar-refractivity contribution in [2.45, 2.75) is 25.0 Å². The molecule has 0 bridgehead atoms. The molecule has 0 saturated heterocycles. The summed E-state index contributed by atoms with van der Waals surface area (Å²) in [7, 11) is 0. The molecule has 0 aliphatic carbocycles. The minimum Gasteiger partial charge on any atom is -0.549 e. The van der Waals surface area contributed by atoms with Crippen LogP contribution >= 0.6 is 11.8 Å². The number of carbonyl (C=O) groups is 1. The van der Waals surface area contributed by atoms with Crippen LogP contribution in [0.5, 0.6) is 0 Å². The number of nitrogens with zero attached hydrogens (tertiary/aromatic N) is 3. The predicted molar refractivity (Wildman–Crippen MR) is 79.8 cm³/mol. The number of hydrogen-bond acceptors (Lipinski definition) is 5. The highest BCUT2D eigenvalue weighted by molar-refractivity contribution is 7.99. The Labute approximate surface area is 127 Å². The van der Waals surface area contributed by atoms with Crippen molar-refractivity contribution >= 4 is 17.7 Å². The van der Waals surface area contributed by atoms with Crippen LogP contribution in [-0.4, -0.2) is 26.5 Å². The predicted octanol–water partition coefficient (Wildman–Crippen LogP) is 1.29. The van der Waals surface area contributed by atoms with Crippen molar-refractivity contribution in [3.63, 3.8) is 0 Å². The highest BCUT2D eigenvalue weighted by Gasteiger charge is 2.13. The van der Waals surface area contributed by atoms with E-state index in [-0.39, 0.29) is 5.75 Å². The number of aromatic nitrogens is 3. The van der Waals surface area contributed by atoms with Gasteiger partial charge in [0.05, 0.1) is 5.97 Å². The van der Waals surface area contributed by atoms with E-state index in [2.05, 4.69) is 16.8 Å². The molecular weight excluding hydrogens is 286 g/mol. The third kappa shape index (κ3) is 4.46. The Hall–Kier alpha value is -2.08. The second-order valence-corrected chi connectivity index (χ2v) is 5.71. The monoisotopic (exact) mass is 302 g/mol. The van der Waals surface area contributed by atoms with Crippen LogP contribution in [-0.2, 0) is 17.8 Å². The smallest absolute Gasteiger partial charge is 0.191 e. The zero-order chi connectivity index (χ0) is 15.2. The van der Waals surface area contributed by atoms with Crippen LogP contribution in [0.3, 0.4) is 0 Å². The quantitative estimate of drug-likeness (QED) is 0.569. The van der Waals surface area contributed by atoms with Crippen LogP contribution in [0, 0.1) is 0 Å². The standard InChI is InChI=1S/C15H17N3O2S/c1-11(2)9-18-13(8-12-6-4-3-5-7-12)16-17-15(18)21-10-14(19)20/h3-7H,1,8-10H2,2H3,(H,19,20)/p-1. The highest BCUT2D eigenvalue weighted by Crippen LogP contribution is 2.19. The average molecular weight is 302 g/mol. The topological polar surface area (TPSA) is 70.8 Å². The van der Waals surface area contributed by atoms with Gasteiger partial charge in [0, 0.05) is 18.7 Å². The number of hydrogen-bond donors (Lipinski definition) is 0. The lowest BCUT2D eigenvalue weighted by Crippen LogP contribution is -2.24. The molecular formula is C15H16N3O2S-. The first-order chi connectivity index (χ1) is 10.1. The molecule has 1 aromatic heterocycles. The van der Waals surface area contributed by atoms with Crippen molar-refractivity contribution in [2.75, 3.05) is 5.75 Å². The molecule has 1 aromatic carbocycles. The van der Waals surface area contributed by atoms with Crippen molar-refractivity contribution in [3.05, 3.63) is 53.9 Å². The van der Waals surface area contributed by atoms with E-state index in [1.54, 1.807) is 0 Å². The lowest BCUT2D eigenvalue weighted by Gasteiger charge is -2.10. The Morgan fingerprint density at radius 1 is 1.33 bits per heavy atom. The fraction of sp³-hybridized carbons (Fsp3) is 0.267. The SMILES string of the molecule is C=C(C)Cn1c(Cc2ccccc2)nnc1SCC(=O)[O-]. The molecule has 0 aliphatic heterocycles. The van der Waals surface area contributed by atoms with E-state index in [4.69, 9.17) is 0 Å². The summed E-state index contributed by atoms with van der Waals surface area (Å²) < 4.78 is 1.91. The summed E-state index contributed by atoms with van der Waals surface area (Å²) in [6.07, 6.45) is 0.646. The summed E-state index contributed by atoms with van der Waals surface area (Å²) in [6, 6.07) is 9.95. The third-order valence-corrected chi connectivity index (χ3v) is 3.69. The summed E-state index contributed by atoms with van der Waals surface area (Å²) >= 11 is 1.11. The molecule has 5 nitrogen and oxygen atoms in total. The molecule has 0 fully saturated rings. The number of thioether (sulfide) groups is 1. The van der Waals surface area contributed by atoms with Gasteiger partial charge in [0.2, 0.25) is 0 Å². The van der Waals surface area contributed by atoms with E-state index in [1.807, 2.05) is 41.8 Å². The van der Waals surface area contributed by atoms with E-state index in [9.17, 15) is 9.90 Å². The Kier molecular flexibility index (Phi) is 5.16. The Morgan fingerprint density at radius 2 is 2.05 bits per heavy atom. The molecule has 0 spiro atoms. The van der Waals surface area contributed by atoms with E-state index in [0.717, 1.165) is 28.7 Å². The number of carboxylic acid groups (broad SMARTS) is 1. The van der Waals surface area contributed by atoms with E-state index >= 15 is 0 Å². The van der Waals surface area contributed by atoms with Gasteiger partial charge in [-0.05, 0) is 12.5 Å². The van der Waals surface area contributed by atoms with Crippen LogP contribution in [0.2, 0.25) is 0 Å². The van der Waals surface area contributed by atoms with Gasteiger partial charge in [0.15, 0.2) is 5.16 Å². The second kappa shape index (κ2) is 7.08. The summed E-state index contributed by atoms with van der Waals surface area (Å²) in [6.45, 7) is 6.39. The molecule has 0 saturated carbocycles. The fourth-order valence-corrected chi connectivity index (χ4v) is 2.56. The van der Waals surface area contributed by atoms with Gasteiger partial charge < -0.3 is 14.5 Å². The first-order valence-corrected chi connectivity index (χ1v) is 7.48. The van der Waals surface area contributed by atoms with Gasteiger partial charge in [-0.3, -0.25) is 0 Å². The molecule has 2 rings (SSSR count). The largest absolute Gasteiger partial charge is 0.549 e. The van der Waals surface area contributed by atoms with E-state index < -0.39 is 5.97 Å². The zero-order valence-electron chi connectivity index (χ0n) is 11.8. The van der Waals surface area contributed by atoms with Crippen molar-refractivity contribution in [1.82, 2.24) is 14.8 Å². The fourth-order valence-electron chi connectivity index (χ4n) is 1.89. The molecule has 0 aliphatic rings. The van der Waals surface area contributed by atoms with E-state index in [1.165, 1.54) is 0 Å². The first kappa shape index (κ1) is 15.3. The first-order valence-electron chi connectivity index (χ1n) is 6.49. The zero-order valence-corrected chi connectivity index (χ0v) is 12.6. The molecule has 0 radical (unpaired) electrons. The second-order valence-electron chi connectivity index (χ2n) is 4.77. The number of carboxylic acids is 1. The Balaban J connectivity index is 2.23. The molecule has 1 heterocycles. The molecule has 110 valence electrons. The molecule has 0 atom stereocenters. The number of carbonyl (C=O) groups excluding carboxylic acids is 1. The van der Waals surface area contributed by atoms with Gasteiger partial charge in [0.1, 0.15) is 5.82 Å². The van der Waals surface area contributed by atoms with E-state index in [0.29, 0.717) is 18.1 Å². The number of allylic oxidation sites excluding steroid dienone is 1. The normalized spacial score (nSPS) is 10.5. The van der Waals surface area contributed by atoms with Crippen molar-refractivity contribution in [1.29, 1.82) is 0 Å². The molecule has 0 N–H and O–H groups in total. The summed E-state index contributed by atoms with van der Waals surface area (Å²) in [5, 5.41) is 19.4. The maximum absolute atomic E-state index is 10.6. The van der Waals surface area contributed by atoms with Gasteiger partial charge in [-0.1, -0.05) is 54.2 Å². The average Bonchev–Trinajstić information content (AvgIpc) is 2.79. The summed E-state index contributed by atoms with van der Waals surface area (Å²) in [5.74, 6) is -0.459. The van der Waals surface area contributed by atoms with Gasteiger partial charge in [-0.15, -0.1) is 10.2 Å². The van der Waals surface area contributed by atoms with Gasteiger partial charge >= 0.3 is 0 Å². The highest BCUT2D eigenvalue weighted by atomic mass is 32.2. The van der Waals surface area contributed by atoms with Crippen LogP contribution in [0.15, 0.2) is 47.6 Å². The molecule has 2 aromatic rings. The maximum Gasteiger partial charge on any atom is 0.191 e. The lowest BCUT2D eigenvalue weighted by molar-refractivity contribution is -0.301. The Bertz CT molecular complexity index is 638. The molecule has 0 unspecified atom stereocenters. The van der Waals surface area contributed by atoms with Gasteiger partial charge in [-0.2, -0.15) is 0 Å². The third-order valence-electron chi connectivity index (χ3n) is 2.75. The number of benzene rings is 1. The maximum atomic E-state index is 10.6. The summed E-state index contributed by atoms with van der Waals surface area (Å²) in [4.78, 5) is 10.6. The minimum absolute atomic E-state index is 0.139. The van der Waals surface area contributed by atoms with Gasteiger partial charge in [-0.25, -0.2) is 0 Å². The minimum atomic E-state index is -1.12. The van der Waals surface area contributed by atoms with Crippen molar-refractivity contribution < 1.29 is 9.90 Å². The molecule has 21 heavy (non-hydrogen) atoms. The van der Waals surface area contributed by atoms with Crippen molar-refractivity contribution in [2.24, 2.45) is 0 Å². The number of rotatable bonds is 7. The van der Waals surface area contributed by atoms with Crippen LogP contribution < -0.4 is 5.11 Å². The summed E-state index contributed by atoms with van der Waals surface area (Å²) in [5.41, 5.74) is 2.09. The molecule has 6 heteroatoms. The van der Waals surface area contributed by atoms with Crippen LogP contribution in [0.25, 0.3) is 0 Å². The Morgan fingerprint density at radius 3 is 2.67 bits per heavy atom. The number of aliphatic carboxylic acids is 1. The lowest BCUT2D eigenvalue weighted by atomic mass is 10.1. The van der Waals surface area contributed by atoms with Gasteiger partial charge in [0.25, 0.3) is 0 Å². The van der Waals surface area contributed by atoms with Crippen LogP contribution in [0.4, 0.5) is 0 Å². The van der Waals surface area contributed by atoms with Crippen LogP contribution in [0.1, 0.15) is 18.3 Å². The van der Waals surface area contributed by atoms with Crippen molar-refractivity contribution in [3.8, 4) is 0 Å². The molecule has 0 amide bonds.